The molecule has 3 aliphatic heterocycles. The lowest BCUT2D eigenvalue weighted by Crippen LogP contribution is -2.54. The number of aliphatic carboxylic acids is 2. The van der Waals surface area contributed by atoms with Gasteiger partial charge in [0.1, 0.15) is 11.7 Å². The molecule has 2 bridgehead atoms. The van der Waals surface area contributed by atoms with E-state index in [-0.39, 0.29) is 5.91 Å². The molecule has 6 rings (SSSR count). The van der Waals surface area contributed by atoms with E-state index in [1.165, 1.54) is 17.5 Å². The van der Waals surface area contributed by atoms with E-state index in [1.54, 1.807) is 7.11 Å². The van der Waals surface area contributed by atoms with E-state index >= 15 is 0 Å². The number of alkyl halides is 6. The van der Waals surface area contributed by atoms with Gasteiger partial charge in [0.15, 0.2) is 0 Å². The van der Waals surface area contributed by atoms with E-state index < -0.39 is 24.3 Å². The van der Waals surface area contributed by atoms with Crippen molar-refractivity contribution >= 4 is 17.8 Å². The lowest BCUT2D eigenvalue weighted by atomic mass is 9.99. The average Bonchev–Trinajstić information content (AvgIpc) is 3.75. The maximum Gasteiger partial charge on any atom is 0.490 e. The molecular weight excluding hydrogens is 736 g/mol. The fraction of sp³-hybridized carbons (Fsp3) is 0.447. The molecule has 1 amide bonds. The number of likely N-dealkylation sites (tertiary alicyclic amines) is 1. The van der Waals surface area contributed by atoms with Crippen LogP contribution in [0.4, 0.5) is 26.3 Å². The number of carboxylic acids is 2. The maximum atomic E-state index is 13.1. The first kappa shape index (κ1) is 43.0. The summed E-state index contributed by atoms with van der Waals surface area (Å²) in [6, 6.07) is 24.4. The predicted molar refractivity (Wildman–Crippen MR) is 189 cm³/mol. The molecule has 3 N–H and O–H groups in total. The van der Waals surface area contributed by atoms with Gasteiger partial charge < -0.3 is 34.9 Å². The molecular formula is C38H45F6N5O6. The lowest BCUT2D eigenvalue weighted by molar-refractivity contribution is -0.894. The topological polar surface area (TPSA) is 134 Å². The number of halogens is 6. The Kier molecular flexibility index (Phi) is 14.3. The smallest absolute Gasteiger partial charge is 0.490 e. The second-order valence-corrected chi connectivity index (χ2v) is 14.3. The molecule has 2 atom stereocenters. The van der Waals surface area contributed by atoms with Gasteiger partial charge in [-0.15, -0.1) is 0 Å². The third kappa shape index (κ3) is 12.9. The van der Waals surface area contributed by atoms with Gasteiger partial charge in [-0.05, 0) is 59.0 Å². The summed E-state index contributed by atoms with van der Waals surface area (Å²) in [6.45, 7) is 9.05. The summed E-state index contributed by atoms with van der Waals surface area (Å²) in [7, 11) is 6.30. The van der Waals surface area contributed by atoms with Gasteiger partial charge in [-0.1, -0.05) is 36.4 Å². The normalized spacial score (nSPS) is 19.4. The number of amides is 1. The van der Waals surface area contributed by atoms with Gasteiger partial charge in [0, 0.05) is 69.0 Å². The SMILES string of the molecule is COc1ccc(CNC(=O)c2cccc(CN3CC[N+](C)(C)CC3)c2)cc1-c1cccc(CN2C[C@@H]3C[C@H]2CN3)c1.O=C(O)C(F)(F)F.O=C([O-])C(F)(F)F. The first-order chi connectivity index (χ1) is 25.7. The average molecular weight is 782 g/mol. The highest BCUT2D eigenvalue weighted by Crippen LogP contribution is 2.33. The number of nitrogens with zero attached hydrogens (tertiary/aromatic N) is 3. The number of quaternary nitrogens is 1. The third-order valence-electron chi connectivity index (χ3n) is 9.62. The van der Waals surface area contributed by atoms with Gasteiger partial charge in [-0.25, -0.2) is 4.79 Å². The van der Waals surface area contributed by atoms with Gasteiger partial charge in [0.2, 0.25) is 0 Å². The van der Waals surface area contributed by atoms with Crippen molar-refractivity contribution in [1.29, 1.82) is 0 Å². The van der Waals surface area contributed by atoms with E-state index in [0.29, 0.717) is 24.2 Å². The van der Waals surface area contributed by atoms with Crippen LogP contribution in [0.5, 0.6) is 5.75 Å². The number of hydrogen-bond donors (Lipinski definition) is 3. The number of ether oxygens (including phenoxy) is 1. The molecule has 17 heteroatoms. The zero-order valence-electron chi connectivity index (χ0n) is 30.7. The summed E-state index contributed by atoms with van der Waals surface area (Å²) in [5.74, 6) is -4.97. The predicted octanol–water partition coefficient (Wildman–Crippen LogP) is 3.66. The Morgan fingerprint density at radius 2 is 1.53 bits per heavy atom. The van der Waals surface area contributed by atoms with Crippen LogP contribution in [-0.4, -0.2) is 122 Å². The zero-order valence-corrected chi connectivity index (χ0v) is 30.7. The van der Waals surface area contributed by atoms with Crippen molar-refractivity contribution in [1.82, 2.24) is 20.4 Å². The Hall–Kier alpha value is -4.71. The second kappa shape index (κ2) is 18.3. The lowest BCUT2D eigenvalue weighted by Gasteiger charge is -2.39. The summed E-state index contributed by atoms with van der Waals surface area (Å²) in [5.41, 5.74) is 6.46. The monoisotopic (exact) mass is 781 g/mol. The summed E-state index contributed by atoms with van der Waals surface area (Å²) in [5, 5.41) is 22.6. The number of likely N-dealkylation sites (N-methyl/N-ethyl adjacent to an activating group) is 1. The number of hydrogen-bond acceptors (Lipinski definition) is 8. The van der Waals surface area contributed by atoms with Crippen LogP contribution in [0, 0.1) is 0 Å². The van der Waals surface area contributed by atoms with E-state index in [9.17, 15) is 31.1 Å². The Labute approximate surface area is 315 Å². The molecule has 0 aliphatic carbocycles. The molecule has 0 aromatic heterocycles. The van der Waals surface area contributed by atoms with E-state index in [1.807, 2.05) is 30.3 Å². The Morgan fingerprint density at radius 1 is 0.909 bits per heavy atom. The van der Waals surface area contributed by atoms with Gasteiger partial charge >= 0.3 is 18.3 Å². The van der Waals surface area contributed by atoms with Crippen LogP contribution in [0.1, 0.15) is 33.5 Å². The van der Waals surface area contributed by atoms with Crippen LogP contribution in [0.25, 0.3) is 11.1 Å². The molecule has 3 aromatic rings. The maximum absolute atomic E-state index is 13.1. The van der Waals surface area contributed by atoms with Crippen molar-refractivity contribution in [2.45, 2.75) is 50.5 Å². The Morgan fingerprint density at radius 3 is 2.07 bits per heavy atom. The summed E-state index contributed by atoms with van der Waals surface area (Å²) in [4.78, 5) is 35.9. The minimum Gasteiger partial charge on any atom is -0.542 e. The standard InChI is InChI=1S/C34H43N5O2.2C2HF3O2/c1-39(2)14-12-37(13-15-39)22-26-6-5-9-29(17-26)34(40)36-20-25-10-11-33(41-3)32(18-25)28-8-4-7-27(16-28)23-38-24-30-19-31(38)21-35-30;2*3-2(4,5)1(6)7/h4-11,16-18,30-31,35H,12-15,19-24H2,1-3H3;2*(H,6,7)/t30-,31-;;/m0../s1. The van der Waals surface area contributed by atoms with Crippen molar-refractivity contribution in [3.8, 4) is 16.9 Å². The Balaban J connectivity index is 0.000000410. The molecule has 3 heterocycles. The summed E-state index contributed by atoms with van der Waals surface area (Å²) in [6.07, 6.45) is -9.01. The van der Waals surface area contributed by atoms with Gasteiger partial charge in [-0.3, -0.25) is 14.6 Å². The van der Waals surface area contributed by atoms with Gasteiger partial charge in [0.25, 0.3) is 5.91 Å². The number of carbonyl (C=O) groups is 3. The minimum atomic E-state index is -5.19. The largest absolute Gasteiger partial charge is 0.542 e. The molecule has 0 spiro atoms. The van der Waals surface area contributed by atoms with Crippen LogP contribution >= 0.6 is 0 Å². The number of fused-ring (bicyclic) bond motifs is 2. The van der Waals surface area contributed by atoms with Gasteiger partial charge in [0.05, 0.1) is 34.3 Å². The molecule has 11 nitrogen and oxygen atoms in total. The highest BCUT2D eigenvalue weighted by molar-refractivity contribution is 5.94. The molecule has 0 radical (unpaired) electrons. The Bertz CT molecular complexity index is 1770. The molecule has 3 aliphatic rings. The summed E-state index contributed by atoms with van der Waals surface area (Å²) < 4.78 is 70.1. The molecule has 0 saturated carbocycles. The fourth-order valence-electron chi connectivity index (χ4n) is 6.56. The van der Waals surface area contributed by atoms with Crippen molar-refractivity contribution in [3.63, 3.8) is 0 Å². The number of benzene rings is 3. The highest BCUT2D eigenvalue weighted by Gasteiger charge is 2.38. The van der Waals surface area contributed by atoms with Crippen LogP contribution in [-0.2, 0) is 29.2 Å². The molecule has 3 fully saturated rings. The quantitative estimate of drug-likeness (QED) is 0.220. The highest BCUT2D eigenvalue weighted by atomic mass is 19.4. The molecule has 3 aromatic carbocycles. The second-order valence-electron chi connectivity index (χ2n) is 14.3. The number of carboxylic acid groups (broad SMARTS) is 2. The zero-order chi connectivity index (χ0) is 40.6. The number of carbonyl (C=O) groups excluding carboxylic acids is 2. The summed E-state index contributed by atoms with van der Waals surface area (Å²) >= 11 is 0. The van der Waals surface area contributed by atoms with Crippen LogP contribution < -0.4 is 20.5 Å². The first-order valence-electron chi connectivity index (χ1n) is 17.5. The third-order valence-corrected chi connectivity index (χ3v) is 9.62. The first-order valence-corrected chi connectivity index (χ1v) is 17.5. The van der Waals surface area contributed by atoms with E-state index in [4.69, 9.17) is 24.5 Å². The molecule has 300 valence electrons. The molecule has 3 saturated heterocycles. The number of piperazine rings is 2. The van der Waals surface area contributed by atoms with Crippen LogP contribution in [0.15, 0.2) is 66.7 Å². The number of rotatable bonds is 9. The fourth-order valence-corrected chi connectivity index (χ4v) is 6.56. The van der Waals surface area contributed by atoms with E-state index in [2.05, 4.69) is 70.9 Å². The van der Waals surface area contributed by atoms with Crippen LogP contribution in [0.2, 0.25) is 0 Å². The van der Waals surface area contributed by atoms with Crippen molar-refractivity contribution < 1.29 is 60.2 Å². The van der Waals surface area contributed by atoms with Crippen molar-refractivity contribution in [2.75, 3.05) is 60.5 Å². The van der Waals surface area contributed by atoms with Crippen LogP contribution in [0.3, 0.4) is 0 Å². The number of nitrogens with one attached hydrogen (secondary N) is 2. The van der Waals surface area contributed by atoms with Crippen molar-refractivity contribution in [2.24, 2.45) is 0 Å². The van der Waals surface area contributed by atoms with E-state index in [0.717, 1.165) is 79.3 Å². The minimum absolute atomic E-state index is 0.0444. The van der Waals surface area contributed by atoms with Crippen molar-refractivity contribution in [3.05, 3.63) is 89.0 Å². The molecule has 0 unspecified atom stereocenters. The number of methoxy groups -OCH3 is 1. The van der Waals surface area contributed by atoms with Gasteiger partial charge in [-0.2, -0.15) is 26.3 Å². The molecule has 55 heavy (non-hydrogen) atoms.